The highest BCUT2D eigenvalue weighted by molar-refractivity contribution is 5.79. The van der Waals surface area contributed by atoms with Gasteiger partial charge in [0.25, 0.3) is 0 Å². The third kappa shape index (κ3) is 29.4. The Kier molecular flexibility index (Phi) is 21.8. The molecule has 0 aromatic heterocycles. The van der Waals surface area contributed by atoms with E-state index in [2.05, 4.69) is 0 Å². The summed E-state index contributed by atoms with van der Waals surface area (Å²) >= 11 is 0. The van der Waals surface area contributed by atoms with Crippen molar-refractivity contribution in [1.82, 2.24) is 0 Å². The van der Waals surface area contributed by atoms with Gasteiger partial charge in [-0.2, -0.15) is 0 Å². The molecule has 0 bridgehead atoms. The molecule has 0 aliphatic carbocycles. The first-order valence-corrected chi connectivity index (χ1v) is 7.23. The summed E-state index contributed by atoms with van der Waals surface area (Å²) < 4.78 is 9.79. The van der Waals surface area contributed by atoms with Crippen molar-refractivity contribution in [2.24, 2.45) is 0 Å². The van der Waals surface area contributed by atoms with Crippen molar-refractivity contribution in [3.05, 3.63) is 0 Å². The number of aliphatic hydroxyl groups excluding tert-OH is 3. The zero-order valence-electron chi connectivity index (χ0n) is 14.1. The van der Waals surface area contributed by atoms with E-state index in [1.165, 1.54) is 0 Å². The molecule has 0 saturated heterocycles. The molecule has 0 rings (SSSR count). The molecule has 9 nitrogen and oxygen atoms in total. The van der Waals surface area contributed by atoms with Crippen LogP contribution < -0.4 is 0 Å². The summed E-state index contributed by atoms with van der Waals surface area (Å²) in [6.07, 6.45) is -3.16. The second kappa shape index (κ2) is 18.8. The summed E-state index contributed by atoms with van der Waals surface area (Å²) in [6, 6.07) is 0. The normalized spacial score (nSPS) is 13.5. The van der Waals surface area contributed by atoms with E-state index in [-0.39, 0.29) is 12.7 Å². The van der Waals surface area contributed by atoms with Crippen LogP contribution in [0.25, 0.3) is 0 Å². The fourth-order valence-corrected chi connectivity index (χ4v) is 0.813. The molecule has 0 aromatic carbocycles. The van der Waals surface area contributed by atoms with Crippen molar-refractivity contribution in [3.63, 3.8) is 0 Å². The Labute approximate surface area is 136 Å². The number of aliphatic hydroxyl groups is 3. The van der Waals surface area contributed by atoms with Gasteiger partial charge in [0.2, 0.25) is 0 Å². The average molecular weight is 342 g/mol. The van der Waals surface area contributed by atoms with Crippen LogP contribution in [0.5, 0.6) is 0 Å². The Hall–Kier alpha value is -1.26. The van der Waals surface area contributed by atoms with Crippen molar-refractivity contribution in [2.45, 2.75) is 52.4 Å². The SMILES string of the molecule is CC(O)COC(C)CO.CCOCC.O=C(O)CC(O)C(=O)O. The lowest BCUT2D eigenvalue weighted by molar-refractivity contribution is -0.152. The minimum Gasteiger partial charge on any atom is -0.481 e. The summed E-state index contributed by atoms with van der Waals surface area (Å²) in [5.74, 6) is -2.85. The first-order valence-electron chi connectivity index (χ1n) is 7.23. The molecule has 140 valence electrons. The molecule has 0 aromatic rings. The van der Waals surface area contributed by atoms with Gasteiger partial charge in [-0.1, -0.05) is 0 Å². The molecule has 0 radical (unpaired) electrons. The number of carboxylic acids is 2. The first kappa shape index (κ1) is 26.6. The number of ether oxygens (including phenoxy) is 2. The minimum absolute atomic E-state index is 0.00667. The monoisotopic (exact) mass is 342 g/mol. The molecular weight excluding hydrogens is 312 g/mol. The summed E-state index contributed by atoms with van der Waals surface area (Å²) in [5.41, 5.74) is 0. The molecule has 0 fully saturated rings. The van der Waals surface area contributed by atoms with E-state index < -0.39 is 30.6 Å². The second-order valence-corrected chi connectivity index (χ2v) is 4.41. The maximum absolute atomic E-state index is 9.72. The van der Waals surface area contributed by atoms with E-state index >= 15 is 0 Å². The molecular formula is C14H30O9. The van der Waals surface area contributed by atoms with Crippen LogP contribution in [0.1, 0.15) is 34.1 Å². The van der Waals surface area contributed by atoms with E-state index in [4.69, 9.17) is 35.0 Å². The van der Waals surface area contributed by atoms with Crippen molar-refractivity contribution in [3.8, 4) is 0 Å². The van der Waals surface area contributed by atoms with Crippen molar-refractivity contribution in [1.29, 1.82) is 0 Å². The maximum Gasteiger partial charge on any atom is 0.333 e. The van der Waals surface area contributed by atoms with Crippen LogP contribution in [-0.2, 0) is 19.1 Å². The lowest BCUT2D eigenvalue weighted by Crippen LogP contribution is -2.22. The van der Waals surface area contributed by atoms with Gasteiger partial charge in [0.05, 0.1) is 31.8 Å². The molecule has 5 N–H and O–H groups in total. The fourth-order valence-electron chi connectivity index (χ4n) is 0.813. The molecule has 0 saturated carbocycles. The Balaban J connectivity index is -0.000000273. The summed E-state index contributed by atoms with van der Waals surface area (Å²) in [6.45, 7) is 9.36. The summed E-state index contributed by atoms with van der Waals surface area (Å²) in [5, 5.41) is 41.3. The Morgan fingerprint density at radius 2 is 1.52 bits per heavy atom. The third-order valence-electron chi connectivity index (χ3n) is 1.94. The molecule has 3 unspecified atom stereocenters. The van der Waals surface area contributed by atoms with E-state index in [1.807, 2.05) is 13.8 Å². The predicted molar refractivity (Wildman–Crippen MR) is 82.2 cm³/mol. The van der Waals surface area contributed by atoms with E-state index in [1.54, 1.807) is 13.8 Å². The van der Waals surface area contributed by atoms with Gasteiger partial charge in [0, 0.05) is 13.2 Å². The first-order chi connectivity index (χ1) is 10.6. The van der Waals surface area contributed by atoms with Gasteiger partial charge in [-0.3, -0.25) is 4.79 Å². The Bertz CT molecular complexity index is 279. The van der Waals surface area contributed by atoms with Gasteiger partial charge in [-0.05, 0) is 27.7 Å². The fraction of sp³-hybridized carbons (Fsp3) is 0.857. The topological polar surface area (TPSA) is 154 Å². The Morgan fingerprint density at radius 1 is 1.04 bits per heavy atom. The van der Waals surface area contributed by atoms with Crippen LogP contribution >= 0.6 is 0 Å². The molecule has 0 aliphatic heterocycles. The average Bonchev–Trinajstić information content (AvgIpc) is 2.46. The number of aliphatic carboxylic acids is 2. The third-order valence-corrected chi connectivity index (χ3v) is 1.94. The van der Waals surface area contributed by atoms with Crippen LogP contribution in [0.2, 0.25) is 0 Å². The van der Waals surface area contributed by atoms with Crippen molar-refractivity contribution < 1.29 is 44.6 Å². The molecule has 0 heterocycles. The molecule has 9 heteroatoms. The molecule has 0 amide bonds. The molecule has 0 spiro atoms. The zero-order valence-corrected chi connectivity index (χ0v) is 14.1. The minimum atomic E-state index is -1.79. The van der Waals surface area contributed by atoms with Crippen molar-refractivity contribution >= 4 is 11.9 Å². The molecule has 3 atom stereocenters. The van der Waals surface area contributed by atoms with Crippen LogP contribution in [0.15, 0.2) is 0 Å². The van der Waals surface area contributed by atoms with Crippen molar-refractivity contribution in [2.75, 3.05) is 26.4 Å². The molecule has 0 aliphatic rings. The zero-order chi connectivity index (χ0) is 18.8. The Morgan fingerprint density at radius 3 is 1.70 bits per heavy atom. The highest BCUT2D eigenvalue weighted by Crippen LogP contribution is 1.90. The number of hydrogen-bond acceptors (Lipinski definition) is 7. The van der Waals surface area contributed by atoms with Gasteiger partial charge >= 0.3 is 11.9 Å². The highest BCUT2D eigenvalue weighted by atomic mass is 16.5. The lowest BCUT2D eigenvalue weighted by atomic mass is 10.3. The van der Waals surface area contributed by atoms with Gasteiger partial charge in [-0.15, -0.1) is 0 Å². The van der Waals surface area contributed by atoms with Gasteiger partial charge in [0.15, 0.2) is 6.10 Å². The van der Waals surface area contributed by atoms with E-state index in [9.17, 15) is 9.59 Å². The second-order valence-electron chi connectivity index (χ2n) is 4.41. The van der Waals surface area contributed by atoms with Crippen LogP contribution in [0.3, 0.4) is 0 Å². The van der Waals surface area contributed by atoms with Gasteiger partial charge in [0.1, 0.15) is 0 Å². The van der Waals surface area contributed by atoms with Crippen LogP contribution in [0.4, 0.5) is 0 Å². The van der Waals surface area contributed by atoms with Crippen LogP contribution in [-0.4, -0.2) is 82.2 Å². The number of hydrogen-bond donors (Lipinski definition) is 5. The maximum atomic E-state index is 9.72. The lowest BCUT2D eigenvalue weighted by Gasteiger charge is -2.10. The summed E-state index contributed by atoms with van der Waals surface area (Å²) in [4.78, 5) is 19.4. The smallest absolute Gasteiger partial charge is 0.333 e. The standard InChI is InChI=1S/C6H14O3.C4H6O5.C4H10O/c1-5(8)4-9-6(2)3-7;5-2(4(8)9)1-3(6)7;1-3-5-4-2/h5-8H,3-4H2,1-2H3;2,5H,1H2,(H,6,7)(H,8,9);3-4H2,1-2H3. The largest absolute Gasteiger partial charge is 0.481 e. The number of carbonyl (C=O) groups is 2. The highest BCUT2D eigenvalue weighted by Gasteiger charge is 2.16. The predicted octanol–water partition coefficient (Wildman–Crippen LogP) is -0.286. The quantitative estimate of drug-likeness (QED) is 0.380. The van der Waals surface area contributed by atoms with E-state index in [0.717, 1.165) is 13.2 Å². The number of rotatable bonds is 9. The van der Waals surface area contributed by atoms with Crippen LogP contribution in [0, 0.1) is 0 Å². The van der Waals surface area contributed by atoms with E-state index in [0.29, 0.717) is 6.61 Å². The van der Waals surface area contributed by atoms with Gasteiger partial charge < -0.3 is 35.0 Å². The van der Waals surface area contributed by atoms with Gasteiger partial charge in [-0.25, -0.2) is 4.79 Å². The molecule has 23 heavy (non-hydrogen) atoms. The summed E-state index contributed by atoms with van der Waals surface area (Å²) in [7, 11) is 0. The number of carboxylic acid groups (broad SMARTS) is 2.